The lowest BCUT2D eigenvalue weighted by Crippen LogP contribution is -2.58. The number of carbonyl (C=O) groups excluding carboxylic acids is 3. The second-order valence-electron chi connectivity index (χ2n) is 10.5. The summed E-state index contributed by atoms with van der Waals surface area (Å²) >= 11 is 0. The van der Waals surface area contributed by atoms with Crippen molar-refractivity contribution in [2.45, 2.75) is 38.1 Å². The lowest BCUT2D eigenvalue weighted by atomic mass is 9.93. The molecular formula is C33H28N4O5. The number of amides is 4. The highest BCUT2D eigenvalue weighted by molar-refractivity contribution is 6.31. The van der Waals surface area contributed by atoms with Crippen LogP contribution < -0.4 is 5.32 Å². The first-order chi connectivity index (χ1) is 20.4. The fraction of sp³-hybridized carbons (Fsp3) is 0.182. The maximum absolute atomic E-state index is 13.7. The zero-order valence-electron chi connectivity index (χ0n) is 22.7. The Bertz CT molecular complexity index is 1700. The molecule has 2 aliphatic rings. The van der Waals surface area contributed by atoms with Crippen molar-refractivity contribution in [1.82, 2.24) is 14.8 Å². The topological polar surface area (TPSA) is 115 Å². The first kappa shape index (κ1) is 26.9. The Labute approximate surface area is 242 Å². The fourth-order valence-corrected chi connectivity index (χ4v) is 5.84. The van der Waals surface area contributed by atoms with Crippen molar-refractivity contribution in [3.63, 3.8) is 0 Å². The lowest BCUT2D eigenvalue weighted by molar-refractivity contribution is -0.384. The lowest BCUT2D eigenvalue weighted by Gasteiger charge is -2.35. The van der Waals surface area contributed by atoms with E-state index in [1.165, 1.54) is 17.0 Å². The molecule has 9 nitrogen and oxygen atoms in total. The Balaban J connectivity index is 1.57. The van der Waals surface area contributed by atoms with Gasteiger partial charge in [-0.25, -0.2) is 4.79 Å². The van der Waals surface area contributed by atoms with Gasteiger partial charge >= 0.3 is 6.03 Å². The minimum Gasteiger partial charge on any atom is -0.309 e. The molecule has 2 heterocycles. The van der Waals surface area contributed by atoms with E-state index in [4.69, 9.17) is 0 Å². The van der Waals surface area contributed by atoms with Crippen molar-refractivity contribution in [3.8, 4) is 28.2 Å². The van der Waals surface area contributed by atoms with Crippen LogP contribution in [0.1, 0.15) is 37.7 Å². The molecule has 210 valence electrons. The molecule has 3 aromatic carbocycles. The van der Waals surface area contributed by atoms with Crippen molar-refractivity contribution in [2.75, 3.05) is 0 Å². The number of urea groups is 1. The van der Waals surface area contributed by atoms with Crippen LogP contribution in [0.5, 0.6) is 0 Å². The van der Waals surface area contributed by atoms with Crippen LogP contribution in [-0.2, 0) is 9.59 Å². The molecule has 0 spiro atoms. The number of non-ortho nitro benzene ring substituents is 1. The van der Waals surface area contributed by atoms with Crippen molar-refractivity contribution >= 4 is 29.6 Å². The molecule has 0 unspecified atom stereocenters. The third-order valence-corrected chi connectivity index (χ3v) is 7.84. The minimum absolute atomic E-state index is 0.0345. The van der Waals surface area contributed by atoms with E-state index in [-0.39, 0.29) is 17.3 Å². The number of benzene rings is 3. The zero-order chi connectivity index (χ0) is 29.2. The molecule has 0 radical (unpaired) electrons. The number of hydrogen-bond donors (Lipinski definition) is 1. The summed E-state index contributed by atoms with van der Waals surface area (Å²) in [5.74, 6) is -1.33. The first-order valence-corrected chi connectivity index (χ1v) is 13.9. The summed E-state index contributed by atoms with van der Waals surface area (Å²) in [7, 11) is 0. The van der Waals surface area contributed by atoms with Crippen molar-refractivity contribution in [2.24, 2.45) is 0 Å². The molecule has 4 amide bonds. The second-order valence-corrected chi connectivity index (χ2v) is 10.5. The number of rotatable bonds is 6. The Morgan fingerprint density at radius 3 is 2.05 bits per heavy atom. The molecule has 9 heteroatoms. The van der Waals surface area contributed by atoms with Gasteiger partial charge in [0.1, 0.15) is 5.57 Å². The Kier molecular flexibility index (Phi) is 7.23. The molecule has 6 rings (SSSR count). The van der Waals surface area contributed by atoms with E-state index >= 15 is 0 Å². The van der Waals surface area contributed by atoms with Crippen molar-refractivity contribution in [1.29, 1.82) is 0 Å². The average Bonchev–Trinajstić information content (AvgIpc) is 3.40. The molecule has 2 fully saturated rings. The number of hydrogen-bond acceptors (Lipinski definition) is 5. The monoisotopic (exact) mass is 560 g/mol. The molecule has 1 saturated heterocycles. The molecule has 1 aliphatic heterocycles. The molecule has 4 aromatic rings. The summed E-state index contributed by atoms with van der Waals surface area (Å²) in [6, 6.07) is 26.4. The van der Waals surface area contributed by atoms with Crippen LogP contribution in [0.25, 0.3) is 34.3 Å². The summed E-state index contributed by atoms with van der Waals surface area (Å²) in [5, 5.41) is 13.7. The van der Waals surface area contributed by atoms with Gasteiger partial charge in [0.25, 0.3) is 17.5 Å². The number of barbiturate groups is 1. The van der Waals surface area contributed by atoms with Crippen LogP contribution in [0.3, 0.4) is 0 Å². The summed E-state index contributed by atoms with van der Waals surface area (Å²) in [4.78, 5) is 51.8. The third-order valence-electron chi connectivity index (χ3n) is 7.84. The number of nitro groups is 1. The van der Waals surface area contributed by atoms with Gasteiger partial charge < -0.3 is 4.57 Å². The van der Waals surface area contributed by atoms with E-state index in [1.54, 1.807) is 18.2 Å². The molecule has 1 N–H and O–H groups in total. The van der Waals surface area contributed by atoms with Gasteiger partial charge in [0.2, 0.25) is 0 Å². The van der Waals surface area contributed by atoms with Gasteiger partial charge in [-0.15, -0.1) is 0 Å². The van der Waals surface area contributed by atoms with E-state index in [0.717, 1.165) is 36.1 Å². The zero-order valence-corrected chi connectivity index (χ0v) is 22.7. The van der Waals surface area contributed by atoms with Crippen LogP contribution in [0.2, 0.25) is 0 Å². The van der Waals surface area contributed by atoms with E-state index in [2.05, 4.69) is 5.32 Å². The van der Waals surface area contributed by atoms with Crippen LogP contribution in [0.4, 0.5) is 10.5 Å². The van der Waals surface area contributed by atoms with E-state index in [9.17, 15) is 24.5 Å². The van der Waals surface area contributed by atoms with Gasteiger partial charge in [-0.1, -0.05) is 79.9 Å². The summed E-state index contributed by atoms with van der Waals surface area (Å²) in [6.07, 6.45) is 5.88. The number of aromatic nitrogens is 1. The van der Waals surface area contributed by atoms with Crippen LogP contribution >= 0.6 is 0 Å². The fourth-order valence-electron chi connectivity index (χ4n) is 5.84. The van der Waals surface area contributed by atoms with E-state index in [0.29, 0.717) is 29.8 Å². The van der Waals surface area contributed by atoms with Gasteiger partial charge in [0.15, 0.2) is 0 Å². The molecule has 0 bridgehead atoms. The molecule has 1 saturated carbocycles. The number of imide groups is 2. The smallest absolute Gasteiger partial charge is 0.309 e. The molecule has 42 heavy (non-hydrogen) atoms. The number of nitro benzene ring substituents is 1. The SMILES string of the molecule is O=C1NC(=O)N(C2CCCCC2)C(=O)C1=Cc1cc(-c2ccccc2)n(-c2ccc([N+](=O)[O-])cc2)c1-c1ccccc1. The number of nitrogens with zero attached hydrogens (tertiary/aromatic N) is 3. The predicted molar refractivity (Wildman–Crippen MR) is 159 cm³/mol. The van der Waals surface area contributed by atoms with Gasteiger partial charge in [-0.3, -0.25) is 29.9 Å². The number of carbonyl (C=O) groups is 3. The largest absolute Gasteiger partial charge is 0.331 e. The Hall–Kier alpha value is -5.31. The summed E-state index contributed by atoms with van der Waals surface area (Å²) < 4.78 is 1.97. The third kappa shape index (κ3) is 5.01. The van der Waals surface area contributed by atoms with Gasteiger partial charge in [0, 0.05) is 29.4 Å². The highest BCUT2D eigenvalue weighted by atomic mass is 16.6. The molecule has 1 aromatic heterocycles. The van der Waals surface area contributed by atoms with Gasteiger partial charge in [-0.2, -0.15) is 0 Å². The maximum atomic E-state index is 13.7. The second kappa shape index (κ2) is 11.3. The van der Waals surface area contributed by atoms with Gasteiger partial charge in [-0.05, 0) is 48.2 Å². The maximum Gasteiger partial charge on any atom is 0.331 e. The summed E-state index contributed by atoms with van der Waals surface area (Å²) in [5.41, 5.74) is 4.25. The van der Waals surface area contributed by atoms with Gasteiger partial charge in [0.05, 0.1) is 16.3 Å². The average molecular weight is 561 g/mol. The van der Waals surface area contributed by atoms with Crippen LogP contribution in [-0.4, -0.2) is 38.3 Å². The standard InChI is InChI=1S/C33H28N4O5/c38-31-28(32(39)36(33(40)34-31)25-14-8-3-9-15-25)20-24-21-29(22-10-4-1-5-11-22)35(30(24)23-12-6-2-7-13-23)26-16-18-27(19-17-26)37(41)42/h1-2,4-7,10-13,16-21,25H,3,8-9,14-15H2,(H,34,38,40). The van der Waals surface area contributed by atoms with Crippen molar-refractivity contribution < 1.29 is 19.3 Å². The highest BCUT2D eigenvalue weighted by Crippen LogP contribution is 2.38. The minimum atomic E-state index is -0.736. The van der Waals surface area contributed by atoms with E-state index < -0.39 is 22.8 Å². The first-order valence-electron chi connectivity index (χ1n) is 13.9. The Morgan fingerprint density at radius 1 is 0.810 bits per heavy atom. The van der Waals surface area contributed by atoms with E-state index in [1.807, 2.05) is 71.3 Å². The normalized spacial score (nSPS) is 17.0. The summed E-state index contributed by atoms with van der Waals surface area (Å²) in [6.45, 7) is 0. The van der Waals surface area contributed by atoms with Crippen LogP contribution in [0.15, 0.2) is 96.6 Å². The number of nitrogens with one attached hydrogen (secondary N) is 1. The molecule has 1 aliphatic carbocycles. The van der Waals surface area contributed by atoms with Crippen LogP contribution in [0, 0.1) is 10.1 Å². The molecule has 0 atom stereocenters. The Morgan fingerprint density at radius 2 is 1.43 bits per heavy atom. The predicted octanol–water partition coefficient (Wildman–Crippen LogP) is 6.51. The quantitative estimate of drug-likeness (QED) is 0.125. The highest BCUT2D eigenvalue weighted by Gasteiger charge is 2.40. The van der Waals surface area contributed by atoms with Crippen molar-refractivity contribution in [3.05, 3.63) is 112 Å². The molecular weight excluding hydrogens is 532 g/mol.